The number of nitrogens with two attached hydrogens (primary N) is 1. The van der Waals surface area contributed by atoms with Crippen LogP contribution < -0.4 is 5.73 Å². The molecule has 0 amide bonds. The van der Waals surface area contributed by atoms with Crippen LogP contribution in [0, 0.1) is 0 Å². The molecule has 1 aromatic heterocycles. The summed E-state index contributed by atoms with van der Waals surface area (Å²) in [6.45, 7) is 0. The first-order chi connectivity index (χ1) is 9.25. The minimum absolute atomic E-state index is 0.0774. The highest BCUT2D eigenvalue weighted by atomic mass is 16.5. The second-order valence-electron chi connectivity index (χ2n) is 5.41. The van der Waals surface area contributed by atoms with Crippen molar-refractivity contribution in [1.82, 2.24) is 4.98 Å². The van der Waals surface area contributed by atoms with E-state index in [-0.39, 0.29) is 11.6 Å². The van der Waals surface area contributed by atoms with Gasteiger partial charge >= 0.3 is 0 Å². The molecule has 3 heteroatoms. The van der Waals surface area contributed by atoms with Crippen molar-refractivity contribution in [1.29, 1.82) is 0 Å². The van der Waals surface area contributed by atoms with Gasteiger partial charge in [-0.25, -0.2) is 0 Å². The first kappa shape index (κ1) is 12.6. The molecule has 0 saturated heterocycles. The normalized spacial score (nSPS) is 19.7. The Morgan fingerprint density at radius 1 is 1.26 bits per heavy atom. The quantitative estimate of drug-likeness (QED) is 0.917. The van der Waals surface area contributed by atoms with E-state index in [1.165, 1.54) is 12.8 Å². The third-order valence-corrected chi connectivity index (χ3v) is 4.41. The molecule has 1 aromatic carbocycles. The predicted molar refractivity (Wildman–Crippen MR) is 76.9 cm³/mol. The highest BCUT2D eigenvalue weighted by Crippen LogP contribution is 2.41. The Balaban J connectivity index is 1.99. The van der Waals surface area contributed by atoms with E-state index in [4.69, 9.17) is 10.5 Å². The Hall–Kier alpha value is -1.45. The number of hydrogen-bond acceptors (Lipinski definition) is 3. The van der Waals surface area contributed by atoms with Crippen LogP contribution in [0.4, 0.5) is 0 Å². The van der Waals surface area contributed by atoms with Gasteiger partial charge in [-0.15, -0.1) is 0 Å². The fraction of sp³-hybridized carbons (Fsp3) is 0.438. The molecule has 19 heavy (non-hydrogen) atoms. The molecule has 2 N–H and O–H groups in total. The van der Waals surface area contributed by atoms with E-state index < -0.39 is 0 Å². The number of pyridine rings is 1. The van der Waals surface area contributed by atoms with Gasteiger partial charge in [0.05, 0.1) is 17.2 Å². The third-order valence-electron chi connectivity index (χ3n) is 4.41. The molecule has 0 bridgehead atoms. The zero-order valence-corrected chi connectivity index (χ0v) is 11.3. The van der Waals surface area contributed by atoms with Crippen LogP contribution in [0.2, 0.25) is 0 Å². The van der Waals surface area contributed by atoms with Crippen LogP contribution in [-0.4, -0.2) is 17.7 Å². The molecule has 3 rings (SSSR count). The summed E-state index contributed by atoms with van der Waals surface area (Å²) in [5, 5.41) is 1.15. The molecule has 1 atom stereocenters. The number of fused-ring (bicyclic) bond motifs is 1. The molecule has 1 aliphatic carbocycles. The van der Waals surface area contributed by atoms with E-state index in [9.17, 15) is 0 Å². The average molecular weight is 256 g/mol. The van der Waals surface area contributed by atoms with Crippen LogP contribution in [0.5, 0.6) is 0 Å². The lowest BCUT2D eigenvalue weighted by Crippen LogP contribution is -2.40. The molecule has 0 spiro atoms. The summed E-state index contributed by atoms with van der Waals surface area (Å²) in [6, 6.07) is 10.2. The number of nitrogens with zero attached hydrogens (tertiary/aromatic N) is 1. The summed E-state index contributed by atoms with van der Waals surface area (Å²) in [4.78, 5) is 4.40. The maximum atomic E-state index is 6.48. The van der Waals surface area contributed by atoms with Gasteiger partial charge in [-0.05, 0) is 30.5 Å². The van der Waals surface area contributed by atoms with Gasteiger partial charge in [0.2, 0.25) is 0 Å². The minimum Gasteiger partial charge on any atom is -0.376 e. The van der Waals surface area contributed by atoms with Crippen LogP contribution in [0.25, 0.3) is 10.9 Å². The third kappa shape index (κ3) is 2.13. The standard InChI is InChI=1S/C16H20N2O/c1-19-16(8-2-3-9-16)15(17)13-7-6-12-5-4-10-18-14(12)11-13/h4-7,10-11,15H,2-3,8-9,17H2,1H3. The smallest absolute Gasteiger partial charge is 0.0870 e. The number of methoxy groups -OCH3 is 1. The number of ether oxygens (including phenoxy) is 1. The summed E-state index contributed by atoms with van der Waals surface area (Å²) < 4.78 is 5.78. The van der Waals surface area contributed by atoms with Crippen molar-refractivity contribution in [3.8, 4) is 0 Å². The zero-order valence-electron chi connectivity index (χ0n) is 11.3. The summed E-state index contributed by atoms with van der Waals surface area (Å²) in [5.41, 5.74) is 8.41. The Morgan fingerprint density at radius 2 is 2.05 bits per heavy atom. The molecule has 1 heterocycles. The largest absolute Gasteiger partial charge is 0.376 e. The average Bonchev–Trinajstić information content (AvgIpc) is 2.96. The maximum absolute atomic E-state index is 6.48. The van der Waals surface area contributed by atoms with Gasteiger partial charge in [-0.2, -0.15) is 0 Å². The second kappa shape index (κ2) is 4.91. The van der Waals surface area contributed by atoms with Crippen LogP contribution in [0.3, 0.4) is 0 Å². The van der Waals surface area contributed by atoms with Gasteiger partial charge in [0.15, 0.2) is 0 Å². The Bertz CT molecular complexity index is 576. The van der Waals surface area contributed by atoms with Gasteiger partial charge in [0, 0.05) is 18.7 Å². The van der Waals surface area contributed by atoms with Gasteiger partial charge in [0.1, 0.15) is 0 Å². The fourth-order valence-electron chi connectivity index (χ4n) is 3.20. The van der Waals surface area contributed by atoms with E-state index in [0.717, 1.165) is 29.3 Å². The fourth-order valence-corrected chi connectivity index (χ4v) is 3.20. The lowest BCUT2D eigenvalue weighted by atomic mass is 9.87. The van der Waals surface area contributed by atoms with E-state index >= 15 is 0 Å². The Labute approximate surface area is 113 Å². The van der Waals surface area contributed by atoms with E-state index in [1.807, 2.05) is 12.3 Å². The molecule has 0 radical (unpaired) electrons. The van der Waals surface area contributed by atoms with Crippen molar-refractivity contribution >= 4 is 10.9 Å². The van der Waals surface area contributed by atoms with Gasteiger partial charge < -0.3 is 10.5 Å². The SMILES string of the molecule is COC1(C(N)c2ccc3cccnc3c2)CCCC1. The molecule has 1 aliphatic rings. The summed E-state index contributed by atoms with van der Waals surface area (Å²) in [6.07, 6.45) is 6.32. The van der Waals surface area contributed by atoms with Crippen molar-refractivity contribution in [2.24, 2.45) is 5.73 Å². The molecule has 0 aliphatic heterocycles. The van der Waals surface area contributed by atoms with Crippen LogP contribution >= 0.6 is 0 Å². The van der Waals surface area contributed by atoms with Crippen LogP contribution in [0.15, 0.2) is 36.5 Å². The zero-order chi connectivity index (χ0) is 13.3. The summed E-state index contributed by atoms with van der Waals surface area (Å²) >= 11 is 0. The number of hydrogen-bond donors (Lipinski definition) is 1. The molecule has 1 saturated carbocycles. The molecular formula is C16H20N2O. The Morgan fingerprint density at radius 3 is 2.79 bits per heavy atom. The van der Waals surface area contributed by atoms with Gasteiger partial charge in [0.25, 0.3) is 0 Å². The van der Waals surface area contributed by atoms with Crippen molar-refractivity contribution in [2.45, 2.75) is 37.3 Å². The lowest BCUT2D eigenvalue weighted by molar-refractivity contribution is -0.0263. The van der Waals surface area contributed by atoms with Gasteiger partial charge in [-0.3, -0.25) is 4.98 Å². The maximum Gasteiger partial charge on any atom is 0.0870 e. The number of rotatable bonds is 3. The van der Waals surface area contributed by atoms with Crippen molar-refractivity contribution in [2.75, 3.05) is 7.11 Å². The first-order valence-electron chi connectivity index (χ1n) is 6.91. The van der Waals surface area contributed by atoms with Crippen molar-refractivity contribution < 1.29 is 4.74 Å². The first-order valence-corrected chi connectivity index (χ1v) is 6.91. The molecule has 1 unspecified atom stereocenters. The monoisotopic (exact) mass is 256 g/mol. The molecule has 2 aromatic rings. The topological polar surface area (TPSA) is 48.1 Å². The van der Waals surface area contributed by atoms with Crippen molar-refractivity contribution in [3.05, 3.63) is 42.1 Å². The van der Waals surface area contributed by atoms with E-state index in [0.29, 0.717) is 0 Å². The molecule has 100 valence electrons. The second-order valence-corrected chi connectivity index (χ2v) is 5.41. The minimum atomic E-state index is -0.192. The summed E-state index contributed by atoms with van der Waals surface area (Å²) in [5.74, 6) is 0. The number of benzene rings is 1. The van der Waals surface area contributed by atoms with Crippen LogP contribution in [0.1, 0.15) is 37.3 Å². The molecule has 3 nitrogen and oxygen atoms in total. The molecule has 1 fully saturated rings. The number of aromatic nitrogens is 1. The molecular weight excluding hydrogens is 236 g/mol. The van der Waals surface area contributed by atoms with E-state index in [2.05, 4.69) is 29.2 Å². The van der Waals surface area contributed by atoms with Crippen molar-refractivity contribution in [3.63, 3.8) is 0 Å². The van der Waals surface area contributed by atoms with Crippen LogP contribution in [-0.2, 0) is 4.74 Å². The predicted octanol–water partition coefficient (Wildman–Crippen LogP) is 3.19. The highest BCUT2D eigenvalue weighted by molar-refractivity contribution is 5.79. The van der Waals surface area contributed by atoms with Gasteiger partial charge in [-0.1, -0.05) is 31.0 Å². The highest BCUT2D eigenvalue weighted by Gasteiger charge is 2.40. The lowest BCUT2D eigenvalue weighted by Gasteiger charge is -2.34. The van der Waals surface area contributed by atoms with E-state index in [1.54, 1.807) is 7.11 Å². The summed E-state index contributed by atoms with van der Waals surface area (Å²) in [7, 11) is 1.78. The Kier molecular flexibility index (Phi) is 3.25.